The maximum atomic E-state index is 8.88. The van der Waals surface area contributed by atoms with Gasteiger partial charge in [0.1, 0.15) is 0 Å². The molecule has 9 nitrogen and oxygen atoms in total. The van der Waals surface area contributed by atoms with Gasteiger partial charge in [0.15, 0.2) is 0 Å². The fraction of sp³-hybridized carbons (Fsp3) is 1.00. The van der Waals surface area contributed by atoms with Crippen LogP contribution < -0.4 is 0 Å². The predicted molar refractivity (Wildman–Crippen MR) is 143 cm³/mol. The maximum absolute atomic E-state index is 8.88. The van der Waals surface area contributed by atoms with Crippen LogP contribution in [0, 0.1) is 0 Å². The van der Waals surface area contributed by atoms with Crippen LogP contribution in [0.1, 0.15) is 142 Å². The van der Waals surface area contributed by atoms with Crippen molar-refractivity contribution in [3.8, 4) is 0 Å². The number of phosphoric acid groups is 1. The van der Waals surface area contributed by atoms with E-state index >= 15 is 0 Å². The molecular weight excluding hydrogens is 495 g/mol. The van der Waals surface area contributed by atoms with Crippen molar-refractivity contribution < 1.29 is 41.5 Å². The van der Waals surface area contributed by atoms with Gasteiger partial charge in [-0.2, -0.15) is 8.42 Å². The van der Waals surface area contributed by atoms with E-state index in [2.05, 4.69) is 13.8 Å². The number of hydrogen-bond donors (Lipinski definition) is 5. The first-order valence-corrected chi connectivity index (χ1v) is 16.4. The highest BCUT2D eigenvalue weighted by molar-refractivity contribution is 7.79. The smallest absolute Gasteiger partial charge is 0.381 e. The molecule has 5 N–H and O–H groups in total. The summed E-state index contributed by atoms with van der Waals surface area (Å²) in [5.41, 5.74) is 0. The highest BCUT2D eigenvalue weighted by Gasteiger charge is 2.00. The number of unbranched alkanes of at least 4 members (excludes halogenated alkanes) is 18. The van der Waals surface area contributed by atoms with E-state index in [1.807, 2.05) is 0 Å². The van der Waals surface area contributed by atoms with Gasteiger partial charge in [-0.3, -0.25) is 9.11 Å². The van der Waals surface area contributed by atoms with Gasteiger partial charge in [0.2, 0.25) is 0 Å². The van der Waals surface area contributed by atoms with E-state index in [-0.39, 0.29) is 0 Å². The fourth-order valence-electron chi connectivity index (χ4n) is 3.49. The Labute approximate surface area is 215 Å². The van der Waals surface area contributed by atoms with Gasteiger partial charge in [0.05, 0.1) is 0 Å². The number of ether oxygens (including phenoxy) is 1. The molecule has 0 fully saturated rings. The summed E-state index contributed by atoms with van der Waals surface area (Å²) in [4.78, 5) is 21.6. The summed E-state index contributed by atoms with van der Waals surface area (Å²) in [5.74, 6) is 0. The van der Waals surface area contributed by atoms with Crippen molar-refractivity contribution in [2.24, 2.45) is 0 Å². The largest absolute Gasteiger partial charge is 0.466 e. The number of rotatable bonds is 22. The van der Waals surface area contributed by atoms with Crippen molar-refractivity contribution in [1.29, 1.82) is 0 Å². The van der Waals surface area contributed by atoms with E-state index in [4.69, 9.17) is 41.5 Å². The van der Waals surface area contributed by atoms with E-state index in [0.717, 1.165) is 13.2 Å². The van der Waals surface area contributed by atoms with E-state index in [1.54, 1.807) is 0 Å². The molecule has 0 saturated carbocycles. The lowest BCUT2D eigenvalue weighted by Crippen LogP contribution is -1.97. The van der Waals surface area contributed by atoms with Gasteiger partial charge in [0, 0.05) is 13.2 Å². The summed E-state index contributed by atoms with van der Waals surface area (Å²) in [5, 5.41) is 0. The molecule has 0 atom stereocenters. The predicted octanol–water partition coefficient (Wildman–Crippen LogP) is 7.26. The lowest BCUT2D eigenvalue weighted by molar-refractivity contribution is 0.125. The van der Waals surface area contributed by atoms with Crippen LogP contribution in [0.3, 0.4) is 0 Å². The quantitative estimate of drug-likeness (QED) is 0.0530. The molecule has 0 unspecified atom stereocenters. The molecule has 0 aromatic carbocycles. The molecule has 0 aromatic heterocycles. The van der Waals surface area contributed by atoms with Crippen LogP contribution >= 0.6 is 7.82 Å². The Kier molecular flexibility index (Phi) is 34.0. The Morgan fingerprint density at radius 3 is 0.886 bits per heavy atom. The van der Waals surface area contributed by atoms with Crippen molar-refractivity contribution in [2.45, 2.75) is 142 Å². The maximum Gasteiger partial charge on any atom is 0.466 e. The first-order chi connectivity index (χ1) is 16.4. The molecule has 0 radical (unpaired) electrons. The molecule has 0 amide bonds. The summed E-state index contributed by atoms with van der Waals surface area (Å²) in [7, 11) is -9.31. The fourth-order valence-corrected chi connectivity index (χ4v) is 3.49. The highest BCUT2D eigenvalue weighted by Crippen LogP contribution is 2.25. The zero-order valence-electron chi connectivity index (χ0n) is 22.3. The summed E-state index contributed by atoms with van der Waals surface area (Å²) in [6, 6.07) is 0. The van der Waals surface area contributed by atoms with Crippen molar-refractivity contribution in [2.75, 3.05) is 13.2 Å². The molecule has 0 saturated heterocycles. The van der Waals surface area contributed by atoms with Gasteiger partial charge in [-0.15, -0.1) is 0 Å². The summed E-state index contributed by atoms with van der Waals surface area (Å²) < 4.78 is 46.2. The second kappa shape index (κ2) is 30.2. The van der Waals surface area contributed by atoms with Crippen molar-refractivity contribution in [3.05, 3.63) is 0 Å². The molecule has 11 heteroatoms. The van der Waals surface area contributed by atoms with Crippen molar-refractivity contribution >= 4 is 18.2 Å². The van der Waals surface area contributed by atoms with Crippen LogP contribution in [0.2, 0.25) is 0 Å². The Morgan fingerprint density at radius 1 is 0.514 bits per heavy atom. The first-order valence-electron chi connectivity index (χ1n) is 13.5. The first kappa shape index (κ1) is 39.5. The molecule has 35 heavy (non-hydrogen) atoms. The molecule has 0 heterocycles. The Hall–Kier alpha value is -0.0600. The van der Waals surface area contributed by atoms with Gasteiger partial charge in [0.25, 0.3) is 0 Å². The van der Waals surface area contributed by atoms with Crippen LogP contribution in [0.15, 0.2) is 0 Å². The minimum Gasteiger partial charge on any atom is -0.381 e. The van der Waals surface area contributed by atoms with Gasteiger partial charge >= 0.3 is 18.2 Å². The minimum absolute atomic E-state index is 0.994. The van der Waals surface area contributed by atoms with Crippen LogP contribution in [-0.2, 0) is 19.7 Å². The third-order valence-electron chi connectivity index (χ3n) is 5.28. The Balaban J connectivity index is -0.000000853. The average Bonchev–Trinajstić information content (AvgIpc) is 2.72. The monoisotopic (exact) mass is 550 g/mol. The van der Waals surface area contributed by atoms with Gasteiger partial charge in [-0.25, -0.2) is 4.57 Å². The lowest BCUT2D eigenvalue weighted by Gasteiger charge is -2.05. The van der Waals surface area contributed by atoms with Crippen LogP contribution in [0.4, 0.5) is 0 Å². The molecule has 0 bridgehead atoms. The van der Waals surface area contributed by atoms with Crippen LogP contribution in [0.25, 0.3) is 0 Å². The average molecular weight is 551 g/mol. The Bertz CT molecular complexity index is 501. The highest BCUT2D eigenvalue weighted by atomic mass is 32.3. The summed E-state index contributed by atoms with van der Waals surface area (Å²) in [6.07, 6.45) is 28.2. The van der Waals surface area contributed by atoms with E-state index in [1.165, 1.54) is 128 Å². The summed E-state index contributed by atoms with van der Waals surface area (Å²) in [6.45, 7) is 6.57. The molecule has 0 aliphatic heterocycles. The molecule has 0 spiro atoms. The van der Waals surface area contributed by atoms with Crippen molar-refractivity contribution in [1.82, 2.24) is 0 Å². The minimum atomic E-state index is -4.67. The zero-order chi connectivity index (χ0) is 27.3. The van der Waals surface area contributed by atoms with Crippen LogP contribution in [0.5, 0.6) is 0 Å². The van der Waals surface area contributed by atoms with E-state index < -0.39 is 18.2 Å². The Morgan fingerprint density at radius 2 is 0.686 bits per heavy atom. The number of hydrogen-bond acceptors (Lipinski definition) is 4. The SMILES string of the molecule is CCCCCCCCCCCCOCCCCCCCCCCCC.O=P(O)(O)O.O=S(=O)(O)O. The molecular formula is C24H55O9PS. The standard InChI is InChI=1S/C24H50O.H3O4P.H2O4S/c1-3-5-7-9-11-13-15-17-19-21-23-25-24-22-20-18-16-14-12-10-8-6-4-2;2*1-5(2,3)4/h3-24H2,1-2H3;(H3,1,2,3,4);(H2,1,2,3,4). The third-order valence-corrected chi connectivity index (χ3v) is 5.28. The van der Waals surface area contributed by atoms with E-state index in [0.29, 0.717) is 0 Å². The molecule has 0 aliphatic rings. The molecule has 0 rings (SSSR count). The molecule has 0 aromatic rings. The second-order valence-electron chi connectivity index (χ2n) is 8.94. The second-order valence-corrected chi connectivity index (χ2v) is 10.9. The van der Waals surface area contributed by atoms with Gasteiger partial charge < -0.3 is 19.4 Å². The zero-order valence-corrected chi connectivity index (χ0v) is 24.0. The van der Waals surface area contributed by atoms with Crippen molar-refractivity contribution in [3.63, 3.8) is 0 Å². The topological polar surface area (TPSA) is 162 Å². The van der Waals surface area contributed by atoms with E-state index in [9.17, 15) is 0 Å². The third kappa shape index (κ3) is 71.9. The molecule has 0 aliphatic carbocycles. The molecule has 216 valence electrons. The van der Waals surface area contributed by atoms with Crippen LogP contribution in [-0.4, -0.2) is 45.4 Å². The van der Waals surface area contributed by atoms with Gasteiger partial charge in [-0.1, -0.05) is 129 Å². The van der Waals surface area contributed by atoms with Gasteiger partial charge in [-0.05, 0) is 12.8 Å². The summed E-state index contributed by atoms with van der Waals surface area (Å²) >= 11 is 0. The normalized spacial score (nSPS) is 11.4. The lowest BCUT2D eigenvalue weighted by atomic mass is 10.1.